The molecule has 1 aromatic heterocycles. The molecule has 1 aromatic rings. The largest absolute Gasteiger partial charge is 0.379 e. The van der Waals surface area contributed by atoms with Crippen molar-refractivity contribution in [2.75, 3.05) is 32.8 Å². The highest BCUT2D eigenvalue weighted by Gasteiger charge is 2.16. The van der Waals surface area contributed by atoms with E-state index in [1.807, 2.05) is 0 Å². The summed E-state index contributed by atoms with van der Waals surface area (Å²) in [6.45, 7) is 8.20. The highest BCUT2D eigenvalue weighted by Crippen LogP contribution is 2.14. The fourth-order valence-corrected chi connectivity index (χ4v) is 2.53. The number of nitrogens with zero attached hydrogens (tertiary/aromatic N) is 2. The van der Waals surface area contributed by atoms with Gasteiger partial charge in [0.25, 0.3) is 0 Å². The van der Waals surface area contributed by atoms with Gasteiger partial charge in [-0.25, -0.2) is 0 Å². The number of morpholine rings is 1. The third-order valence-electron chi connectivity index (χ3n) is 3.47. The first kappa shape index (κ1) is 10.3. The van der Waals surface area contributed by atoms with Crippen molar-refractivity contribution in [3.63, 3.8) is 0 Å². The van der Waals surface area contributed by atoms with E-state index in [1.54, 1.807) is 0 Å². The lowest BCUT2D eigenvalue weighted by Crippen LogP contribution is -2.37. The Bertz CT molecular complexity index is 355. The molecule has 0 bridgehead atoms. The summed E-state index contributed by atoms with van der Waals surface area (Å²) < 4.78 is 7.84. The van der Waals surface area contributed by atoms with Gasteiger partial charge in [-0.1, -0.05) is 0 Å². The molecular formula is C12H19N3O. The molecule has 3 heterocycles. The Morgan fingerprint density at radius 1 is 1.19 bits per heavy atom. The van der Waals surface area contributed by atoms with Gasteiger partial charge in [0.1, 0.15) is 0 Å². The van der Waals surface area contributed by atoms with Crippen LogP contribution in [0.3, 0.4) is 0 Å². The van der Waals surface area contributed by atoms with Gasteiger partial charge in [0.2, 0.25) is 0 Å². The molecule has 0 aromatic carbocycles. The standard InChI is InChI=1S/C12H19N3O/c1-2-12(10-14-5-7-16-8-6-14)15-4-3-13-9-11(1)15/h1-2,13H,3-10H2. The van der Waals surface area contributed by atoms with Crippen LogP contribution < -0.4 is 5.32 Å². The smallest absolute Gasteiger partial charge is 0.0594 e. The zero-order valence-electron chi connectivity index (χ0n) is 9.61. The van der Waals surface area contributed by atoms with E-state index in [-0.39, 0.29) is 0 Å². The van der Waals surface area contributed by atoms with Crippen LogP contribution in [-0.2, 0) is 24.4 Å². The quantitative estimate of drug-likeness (QED) is 0.785. The minimum atomic E-state index is 0.884. The van der Waals surface area contributed by atoms with Crippen molar-refractivity contribution in [1.82, 2.24) is 14.8 Å². The summed E-state index contributed by atoms with van der Waals surface area (Å²) in [5.74, 6) is 0. The van der Waals surface area contributed by atoms with Gasteiger partial charge in [-0.2, -0.15) is 0 Å². The maximum absolute atomic E-state index is 5.37. The second-order valence-corrected chi connectivity index (χ2v) is 4.53. The van der Waals surface area contributed by atoms with Crippen LogP contribution in [0, 0.1) is 0 Å². The number of hydrogen-bond acceptors (Lipinski definition) is 3. The predicted molar refractivity (Wildman–Crippen MR) is 62.2 cm³/mol. The van der Waals surface area contributed by atoms with Crippen LogP contribution in [0.25, 0.3) is 0 Å². The van der Waals surface area contributed by atoms with Gasteiger partial charge in [-0.05, 0) is 12.1 Å². The van der Waals surface area contributed by atoms with Gasteiger partial charge < -0.3 is 14.6 Å². The Hall–Kier alpha value is -0.840. The average Bonchev–Trinajstić information content (AvgIpc) is 2.74. The maximum atomic E-state index is 5.37. The van der Waals surface area contributed by atoms with Crippen molar-refractivity contribution in [3.05, 3.63) is 23.5 Å². The first-order valence-corrected chi connectivity index (χ1v) is 6.11. The number of ether oxygens (including phenoxy) is 1. The van der Waals surface area contributed by atoms with E-state index in [0.29, 0.717) is 0 Å². The van der Waals surface area contributed by atoms with Crippen LogP contribution in [0.4, 0.5) is 0 Å². The molecule has 1 fully saturated rings. The number of nitrogens with one attached hydrogen (secondary N) is 1. The van der Waals surface area contributed by atoms with Crippen LogP contribution in [0.2, 0.25) is 0 Å². The molecule has 2 aliphatic heterocycles. The Morgan fingerprint density at radius 2 is 2.06 bits per heavy atom. The fraction of sp³-hybridized carbons (Fsp3) is 0.667. The molecule has 0 amide bonds. The average molecular weight is 221 g/mol. The van der Waals surface area contributed by atoms with Crippen molar-refractivity contribution >= 4 is 0 Å². The topological polar surface area (TPSA) is 29.4 Å². The molecule has 0 saturated carbocycles. The predicted octanol–water partition coefficient (Wildman–Crippen LogP) is 0.423. The molecular weight excluding hydrogens is 202 g/mol. The van der Waals surface area contributed by atoms with E-state index in [2.05, 4.69) is 26.9 Å². The Labute approximate surface area is 96.2 Å². The molecule has 0 unspecified atom stereocenters. The second kappa shape index (κ2) is 4.57. The Kier molecular flexibility index (Phi) is 2.95. The van der Waals surface area contributed by atoms with Crippen LogP contribution >= 0.6 is 0 Å². The molecule has 2 aliphatic rings. The first-order chi connectivity index (χ1) is 7.93. The lowest BCUT2D eigenvalue weighted by Gasteiger charge is -2.28. The molecule has 0 aliphatic carbocycles. The molecule has 4 heteroatoms. The third-order valence-corrected chi connectivity index (χ3v) is 3.47. The van der Waals surface area contributed by atoms with Gasteiger partial charge in [-0.3, -0.25) is 4.90 Å². The monoisotopic (exact) mass is 221 g/mol. The van der Waals surface area contributed by atoms with E-state index < -0.39 is 0 Å². The summed E-state index contributed by atoms with van der Waals surface area (Å²) in [6, 6.07) is 4.53. The van der Waals surface area contributed by atoms with Crippen molar-refractivity contribution in [2.24, 2.45) is 0 Å². The summed E-state index contributed by atoms with van der Waals surface area (Å²) in [5, 5.41) is 3.40. The fourth-order valence-electron chi connectivity index (χ4n) is 2.53. The van der Waals surface area contributed by atoms with E-state index in [4.69, 9.17) is 4.74 Å². The van der Waals surface area contributed by atoms with Gasteiger partial charge in [-0.15, -0.1) is 0 Å². The number of rotatable bonds is 2. The van der Waals surface area contributed by atoms with Crippen molar-refractivity contribution < 1.29 is 4.74 Å². The normalized spacial score (nSPS) is 22.0. The minimum absolute atomic E-state index is 0.884. The molecule has 16 heavy (non-hydrogen) atoms. The van der Waals surface area contributed by atoms with E-state index in [1.165, 1.54) is 11.4 Å². The van der Waals surface area contributed by atoms with Gasteiger partial charge in [0, 0.05) is 50.7 Å². The molecule has 4 nitrogen and oxygen atoms in total. The van der Waals surface area contributed by atoms with Gasteiger partial charge in [0.05, 0.1) is 13.2 Å². The lowest BCUT2D eigenvalue weighted by atomic mass is 10.3. The molecule has 1 N–H and O–H groups in total. The van der Waals surface area contributed by atoms with Crippen LogP contribution in [0.5, 0.6) is 0 Å². The molecule has 0 radical (unpaired) electrons. The first-order valence-electron chi connectivity index (χ1n) is 6.11. The summed E-state index contributed by atoms with van der Waals surface area (Å²) in [6.07, 6.45) is 0. The zero-order chi connectivity index (χ0) is 10.8. The molecule has 1 saturated heterocycles. The number of aromatic nitrogens is 1. The molecule has 88 valence electrons. The molecule has 0 atom stereocenters. The highest BCUT2D eigenvalue weighted by atomic mass is 16.5. The van der Waals surface area contributed by atoms with Crippen LogP contribution in [0.1, 0.15) is 11.4 Å². The summed E-state index contributed by atoms with van der Waals surface area (Å²) in [7, 11) is 0. The second-order valence-electron chi connectivity index (χ2n) is 4.53. The highest BCUT2D eigenvalue weighted by molar-refractivity contribution is 5.18. The van der Waals surface area contributed by atoms with E-state index in [0.717, 1.165) is 52.5 Å². The van der Waals surface area contributed by atoms with Crippen LogP contribution in [0.15, 0.2) is 12.1 Å². The summed E-state index contributed by atoms with van der Waals surface area (Å²) in [4.78, 5) is 2.48. The Balaban J connectivity index is 1.71. The summed E-state index contributed by atoms with van der Waals surface area (Å²) in [5.41, 5.74) is 2.88. The third kappa shape index (κ3) is 2.00. The Morgan fingerprint density at radius 3 is 2.94 bits per heavy atom. The molecule has 0 spiro atoms. The van der Waals surface area contributed by atoms with Crippen molar-refractivity contribution in [2.45, 2.75) is 19.6 Å². The minimum Gasteiger partial charge on any atom is -0.379 e. The SMILES string of the molecule is c1cc(CN2CCOCC2)n2c1CNCC2. The van der Waals surface area contributed by atoms with E-state index >= 15 is 0 Å². The van der Waals surface area contributed by atoms with Crippen molar-refractivity contribution in [3.8, 4) is 0 Å². The van der Waals surface area contributed by atoms with Crippen molar-refractivity contribution in [1.29, 1.82) is 0 Å². The zero-order valence-corrected chi connectivity index (χ0v) is 9.61. The lowest BCUT2D eigenvalue weighted by molar-refractivity contribution is 0.0331. The van der Waals surface area contributed by atoms with Crippen LogP contribution in [-0.4, -0.2) is 42.3 Å². The molecule has 3 rings (SSSR count). The summed E-state index contributed by atoms with van der Waals surface area (Å²) >= 11 is 0. The van der Waals surface area contributed by atoms with Gasteiger partial charge >= 0.3 is 0 Å². The number of fused-ring (bicyclic) bond motifs is 1. The van der Waals surface area contributed by atoms with E-state index in [9.17, 15) is 0 Å². The van der Waals surface area contributed by atoms with Gasteiger partial charge in [0.15, 0.2) is 0 Å². The number of hydrogen-bond donors (Lipinski definition) is 1. The maximum Gasteiger partial charge on any atom is 0.0594 e.